The first-order valence-corrected chi connectivity index (χ1v) is 8.31. The highest BCUT2D eigenvalue weighted by molar-refractivity contribution is 7.94. The summed E-state index contributed by atoms with van der Waals surface area (Å²) in [4.78, 5) is 13.4. The SMILES string of the molecule is Cc1cc(C)c(NS(=O)(=O)c2sc(=O)[nH]c2C)c(C)c1. The van der Waals surface area contributed by atoms with Crippen LogP contribution < -0.4 is 9.60 Å². The number of nitrogens with one attached hydrogen (secondary N) is 2. The van der Waals surface area contributed by atoms with E-state index in [9.17, 15) is 13.2 Å². The van der Waals surface area contributed by atoms with Gasteiger partial charge in [0.2, 0.25) is 0 Å². The van der Waals surface area contributed by atoms with Crippen LogP contribution in [0.5, 0.6) is 0 Å². The van der Waals surface area contributed by atoms with Crippen molar-refractivity contribution >= 4 is 27.0 Å². The van der Waals surface area contributed by atoms with Gasteiger partial charge in [0.25, 0.3) is 10.0 Å². The summed E-state index contributed by atoms with van der Waals surface area (Å²) in [5.74, 6) is 0. The largest absolute Gasteiger partial charge is 0.315 e. The molecule has 2 aromatic rings. The molecule has 108 valence electrons. The Morgan fingerprint density at radius 2 is 1.65 bits per heavy atom. The predicted octanol–water partition coefficient (Wildman–Crippen LogP) is 2.47. The molecule has 0 saturated carbocycles. The molecule has 0 aliphatic rings. The number of hydrogen-bond acceptors (Lipinski definition) is 4. The Hall–Kier alpha value is -1.60. The highest BCUT2D eigenvalue weighted by atomic mass is 32.2. The first kappa shape index (κ1) is 14.8. The molecule has 2 rings (SSSR count). The lowest BCUT2D eigenvalue weighted by Gasteiger charge is -2.13. The van der Waals surface area contributed by atoms with Gasteiger partial charge in [0.1, 0.15) is 0 Å². The molecule has 1 heterocycles. The third kappa shape index (κ3) is 2.78. The fourth-order valence-corrected chi connectivity index (χ4v) is 4.67. The van der Waals surface area contributed by atoms with Gasteiger partial charge in [0, 0.05) is 5.69 Å². The zero-order chi connectivity index (χ0) is 15.1. The number of aryl methyl sites for hydroxylation is 4. The summed E-state index contributed by atoms with van der Waals surface area (Å²) in [7, 11) is -3.74. The molecule has 7 heteroatoms. The number of hydrogen-bond donors (Lipinski definition) is 2. The third-order valence-electron chi connectivity index (χ3n) is 2.94. The number of benzene rings is 1. The number of H-pyrrole nitrogens is 1. The number of anilines is 1. The standard InChI is InChI=1S/C13H16N2O3S2/c1-7-5-8(2)11(9(3)6-7)15-20(17,18)12-10(4)14-13(16)19-12/h5-6,15H,1-4H3,(H,14,16). The fraction of sp³-hybridized carbons (Fsp3) is 0.308. The molecule has 0 aliphatic carbocycles. The van der Waals surface area contributed by atoms with Crippen molar-refractivity contribution in [3.05, 3.63) is 44.2 Å². The maximum absolute atomic E-state index is 12.4. The van der Waals surface area contributed by atoms with Crippen molar-refractivity contribution in [1.82, 2.24) is 4.98 Å². The molecule has 1 aromatic carbocycles. The molecular formula is C13H16N2O3S2. The minimum Gasteiger partial charge on any atom is -0.315 e. The number of sulfonamides is 1. The van der Waals surface area contributed by atoms with Gasteiger partial charge in [-0.2, -0.15) is 0 Å². The van der Waals surface area contributed by atoms with Crippen LogP contribution in [0.4, 0.5) is 5.69 Å². The number of thiazole rings is 1. The Balaban J connectivity index is 2.49. The molecule has 0 atom stereocenters. The molecule has 0 spiro atoms. The van der Waals surface area contributed by atoms with Crippen LogP contribution in [0.2, 0.25) is 0 Å². The molecule has 5 nitrogen and oxygen atoms in total. The van der Waals surface area contributed by atoms with Gasteiger partial charge < -0.3 is 4.98 Å². The molecule has 0 fully saturated rings. The molecule has 0 bridgehead atoms. The maximum atomic E-state index is 12.4. The minimum atomic E-state index is -3.74. The van der Waals surface area contributed by atoms with E-state index in [0.29, 0.717) is 22.7 Å². The van der Waals surface area contributed by atoms with Gasteiger partial charge >= 0.3 is 4.87 Å². The van der Waals surface area contributed by atoms with Crippen LogP contribution in [-0.4, -0.2) is 13.4 Å². The van der Waals surface area contributed by atoms with Crippen molar-refractivity contribution in [2.75, 3.05) is 4.72 Å². The smallest absolute Gasteiger partial charge is 0.306 e. The Kier molecular flexibility index (Phi) is 3.75. The van der Waals surface area contributed by atoms with Crippen LogP contribution in [0, 0.1) is 27.7 Å². The van der Waals surface area contributed by atoms with Gasteiger partial charge in [-0.15, -0.1) is 0 Å². The molecule has 0 unspecified atom stereocenters. The van der Waals surface area contributed by atoms with Crippen molar-refractivity contribution in [1.29, 1.82) is 0 Å². The van der Waals surface area contributed by atoms with Crippen molar-refractivity contribution < 1.29 is 8.42 Å². The summed E-state index contributed by atoms with van der Waals surface area (Å²) < 4.78 is 27.3. The summed E-state index contributed by atoms with van der Waals surface area (Å²) in [6.07, 6.45) is 0. The normalized spacial score (nSPS) is 11.6. The van der Waals surface area contributed by atoms with E-state index in [1.54, 1.807) is 6.92 Å². The van der Waals surface area contributed by atoms with Crippen molar-refractivity contribution in [2.24, 2.45) is 0 Å². The maximum Gasteiger partial charge on any atom is 0.306 e. The second-order valence-electron chi connectivity index (χ2n) is 4.81. The lowest BCUT2D eigenvalue weighted by molar-refractivity contribution is 0.602. The van der Waals surface area contributed by atoms with Crippen molar-refractivity contribution in [3.8, 4) is 0 Å². The number of rotatable bonds is 3. The second kappa shape index (κ2) is 5.06. The summed E-state index contributed by atoms with van der Waals surface area (Å²) in [5.41, 5.74) is 3.70. The zero-order valence-corrected chi connectivity index (χ0v) is 13.3. The molecule has 20 heavy (non-hydrogen) atoms. The summed E-state index contributed by atoms with van der Waals surface area (Å²) in [6.45, 7) is 7.23. The Bertz CT molecular complexity index is 793. The van der Waals surface area contributed by atoms with E-state index in [2.05, 4.69) is 9.71 Å². The van der Waals surface area contributed by atoms with Gasteiger partial charge in [-0.05, 0) is 38.8 Å². The van der Waals surface area contributed by atoms with Crippen LogP contribution in [0.15, 0.2) is 21.1 Å². The summed E-state index contributed by atoms with van der Waals surface area (Å²) in [5, 5.41) is 0. The van der Waals surface area contributed by atoms with E-state index in [0.717, 1.165) is 16.7 Å². The zero-order valence-electron chi connectivity index (χ0n) is 11.7. The van der Waals surface area contributed by atoms with Gasteiger partial charge in [0.05, 0.1) is 5.69 Å². The monoisotopic (exact) mass is 312 g/mol. The van der Waals surface area contributed by atoms with Gasteiger partial charge in [-0.3, -0.25) is 9.52 Å². The molecule has 0 saturated heterocycles. The Labute approximate surface area is 121 Å². The third-order valence-corrected chi connectivity index (χ3v) is 5.89. The van der Waals surface area contributed by atoms with Crippen LogP contribution in [0.1, 0.15) is 22.4 Å². The second-order valence-corrected chi connectivity index (χ2v) is 7.67. The Morgan fingerprint density at radius 1 is 1.10 bits per heavy atom. The Morgan fingerprint density at radius 3 is 2.10 bits per heavy atom. The predicted molar refractivity (Wildman–Crippen MR) is 81.1 cm³/mol. The molecule has 2 N–H and O–H groups in total. The first-order valence-electron chi connectivity index (χ1n) is 6.01. The van der Waals surface area contributed by atoms with E-state index in [4.69, 9.17) is 0 Å². The molecule has 0 radical (unpaired) electrons. The number of aromatic nitrogens is 1. The van der Waals surface area contributed by atoms with Crippen molar-refractivity contribution in [3.63, 3.8) is 0 Å². The quantitative estimate of drug-likeness (QED) is 0.914. The molecule has 0 aliphatic heterocycles. The van der Waals surface area contributed by atoms with E-state index < -0.39 is 10.0 Å². The van der Waals surface area contributed by atoms with Crippen LogP contribution in [0.3, 0.4) is 0 Å². The molecule has 0 amide bonds. The van der Waals surface area contributed by atoms with Gasteiger partial charge in [-0.25, -0.2) is 8.42 Å². The highest BCUT2D eigenvalue weighted by Crippen LogP contribution is 2.26. The lowest BCUT2D eigenvalue weighted by atomic mass is 10.1. The summed E-state index contributed by atoms with van der Waals surface area (Å²) >= 11 is 0.694. The average Bonchev–Trinajstić information content (AvgIpc) is 2.64. The van der Waals surface area contributed by atoms with Gasteiger partial charge in [0.15, 0.2) is 4.21 Å². The van der Waals surface area contributed by atoms with Crippen LogP contribution in [-0.2, 0) is 10.0 Å². The van der Waals surface area contributed by atoms with E-state index >= 15 is 0 Å². The first-order chi connectivity index (χ1) is 9.20. The van der Waals surface area contributed by atoms with Crippen LogP contribution >= 0.6 is 11.3 Å². The minimum absolute atomic E-state index is 0.0295. The highest BCUT2D eigenvalue weighted by Gasteiger charge is 2.22. The van der Waals surface area contributed by atoms with E-state index in [1.807, 2.05) is 32.9 Å². The van der Waals surface area contributed by atoms with E-state index in [-0.39, 0.29) is 9.08 Å². The number of aromatic amines is 1. The summed E-state index contributed by atoms with van der Waals surface area (Å²) in [6, 6.07) is 3.83. The van der Waals surface area contributed by atoms with E-state index in [1.165, 1.54) is 0 Å². The van der Waals surface area contributed by atoms with Crippen molar-refractivity contribution in [2.45, 2.75) is 31.9 Å². The van der Waals surface area contributed by atoms with Crippen LogP contribution in [0.25, 0.3) is 0 Å². The van der Waals surface area contributed by atoms with Gasteiger partial charge in [-0.1, -0.05) is 29.0 Å². The topological polar surface area (TPSA) is 79.0 Å². The fourth-order valence-electron chi connectivity index (χ4n) is 2.17. The average molecular weight is 312 g/mol. The molecular weight excluding hydrogens is 296 g/mol. The lowest BCUT2D eigenvalue weighted by Crippen LogP contribution is -2.14. The molecule has 1 aromatic heterocycles.